The Morgan fingerprint density at radius 3 is 2.65 bits per heavy atom. The van der Waals surface area contributed by atoms with Gasteiger partial charge in [0.25, 0.3) is 0 Å². The number of benzene rings is 1. The molecule has 3 aromatic heterocycles. The van der Waals surface area contributed by atoms with E-state index in [1.54, 1.807) is 6.92 Å². The lowest BCUT2D eigenvalue weighted by molar-refractivity contribution is -0.120. The Bertz CT molecular complexity index is 1640. The number of aromatic amines is 1. The highest BCUT2D eigenvalue weighted by molar-refractivity contribution is 6.16. The van der Waals surface area contributed by atoms with E-state index in [4.69, 9.17) is 21.2 Å². The fourth-order valence-corrected chi connectivity index (χ4v) is 5.41. The van der Waals surface area contributed by atoms with Crippen molar-refractivity contribution in [2.24, 2.45) is 16.9 Å². The Balaban J connectivity index is 1.51. The maximum absolute atomic E-state index is 15.0. The number of fused-ring (bicyclic) bond motifs is 3. The molecule has 2 fully saturated rings. The summed E-state index contributed by atoms with van der Waals surface area (Å²) in [7, 11) is 1.54. The minimum atomic E-state index is -0.531. The summed E-state index contributed by atoms with van der Waals surface area (Å²) < 4.78 is 20.9. The average molecular weight is 549 g/mol. The number of carbonyl (C=O) groups excluding carboxylic acids is 2. The Kier molecular flexibility index (Phi) is 6.22. The number of hydrogen-bond acceptors (Lipinski definition) is 10. The Hall–Kier alpha value is -4.43. The second-order valence-corrected chi connectivity index (χ2v) is 10.3. The number of ether oxygens (including phenoxy) is 1. The first-order valence-electron chi connectivity index (χ1n) is 12.9. The van der Waals surface area contributed by atoms with Gasteiger partial charge in [0.15, 0.2) is 5.75 Å². The lowest BCUT2D eigenvalue weighted by Crippen LogP contribution is -2.44. The monoisotopic (exact) mass is 548 g/mol. The number of halogens is 1. The van der Waals surface area contributed by atoms with Gasteiger partial charge in [-0.25, -0.2) is 14.4 Å². The van der Waals surface area contributed by atoms with Crippen molar-refractivity contribution in [3.8, 4) is 11.8 Å². The molecule has 1 aromatic carbocycles. The lowest BCUT2D eigenvalue weighted by Gasteiger charge is -2.20. The summed E-state index contributed by atoms with van der Waals surface area (Å²) >= 11 is 0. The van der Waals surface area contributed by atoms with Crippen molar-refractivity contribution in [1.29, 1.82) is 0 Å². The fourth-order valence-electron chi connectivity index (χ4n) is 5.41. The molecule has 1 saturated heterocycles. The number of carbonyl (C=O) groups is 2. The van der Waals surface area contributed by atoms with Crippen LogP contribution in [0.4, 0.5) is 15.9 Å². The average Bonchev–Trinajstić information content (AvgIpc) is 3.51. The molecule has 6 rings (SSSR count). The maximum atomic E-state index is 15.0. The molecule has 6 N–H and O–H groups in total. The van der Waals surface area contributed by atoms with Crippen LogP contribution in [0.15, 0.2) is 24.5 Å². The second-order valence-electron chi connectivity index (χ2n) is 10.3. The number of rotatable bonds is 7. The first kappa shape index (κ1) is 25.8. The summed E-state index contributed by atoms with van der Waals surface area (Å²) in [5, 5.41) is 4.12. The molecule has 1 saturated carbocycles. The van der Waals surface area contributed by atoms with E-state index < -0.39 is 5.82 Å². The number of H-pyrrole nitrogens is 1. The van der Waals surface area contributed by atoms with Gasteiger partial charge in [-0.05, 0) is 31.9 Å². The van der Waals surface area contributed by atoms with Gasteiger partial charge in [-0.3, -0.25) is 9.59 Å². The molecule has 40 heavy (non-hydrogen) atoms. The molecule has 2 aliphatic rings. The number of anilines is 2. The van der Waals surface area contributed by atoms with Crippen LogP contribution in [0.1, 0.15) is 18.7 Å². The molecule has 1 unspecified atom stereocenters. The predicted octanol–water partition coefficient (Wildman–Crippen LogP) is 1.11. The first-order valence-corrected chi connectivity index (χ1v) is 12.9. The normalized spacial score (nSPS) is 17.5. The third-order valence-electron chi connectivity index (χ3n) is 7.70. The highest BCUT2D eigenvalue weighted by Gasteiger charge is 2.56. The van der Waals surface area contributed by atoms with Crippen molar-refractivity contribution in [1.82, 2.24) is 30.2 Å². The first-order chi connectivity index (χ1) is 19.2. The van der Waals surface area contributed by atoms with Crippen LogP contribution in [-0.4, -0.2) is 76.0 Å². The topological polar surface area (TPSA) is 181 Å². The van der Waals surface area contributed by atoms with Gasteiger partial charge in [-0.15, -0.1) is 0 Å². The van der Waals surface area contributed by atoms with Crippen LogP contribution in [0.2, 0.25) is 0 Å². The number of nitrogens with one attached hydrogen (secondary N) is 2. The van der Waals surface area contributed by atoms with Crippen LogP contribution >= 0.6 is 0 Å². The zero-order valence-electron chi connectivity index (χ0n) is 22.1. The maximum Gasteiger partial charge on any atom is 0.326 e. The highest BCUT2D eigenvalue weighted by Crippen LogP contribution is 2.54. The van der Waals surface area contributed by atoms with Gasteiger partial charge in [-0.1, -0.05) is 0 Å². The zero-order chi connectivity index (χ0) is 28.2. The molecule has 13 nitrogen and oxygen atoms in total. The van der Waals surface area contributed by atoms with Crippen molar-refractivity contribution in [2.75, 3.05) is 43.0 Å². The largest absolute Gasteiger partial charge is 0.421 e. The van der Waals surface area contributed by atoms with Crippen LogP contribution in [0.25, 0.3) is 21.9 Å². The fraction of sp³-hybridized carbons (Fsp3) is 0.385. The van der Waals surface area contributed by atoms with E-state index in [0.29, 0.717) is 58.1 Å². The Labute approximate surface area is 228 Å². The summed E-state index contributed by atoms with van der Waals surface area (Å²) in [6.07, 6.45) is 4.95. The number of likely N-dealkylation sites (N-methyl/N-ethyl adjacent to an activating group) is 1. The van der Waals surface area contributed by atoms with Crippen LogP contribution in [-0.2, 0) is 9.59 Å². The van der Waals surface area contributed by atoms with E-state index in [2.05, 4.69) is 30.2 Å². The number of amides is 2. The second kappa shape index (κ2) is 9.64. The summed E-state index contributed by atoms with van der Waals surface area (Å²) in [6, 6.07) is 2.58. The molecule has 0 radical (unpaired) electrons. The third-order valence-corrected chi connectivity index (χ3v) is 7.70. The zero-order valence-corrected chi connectivity index (χ0v) is 22.1. The van der Waals surface area contributed by atoms with Crippen LogP contribution < -0.4 is 31.3 Å². The molecule has 1 aliphatic heterocycles. The molecule has 1 atom stereocenters. The quantitative estimate of drug-likeness (QED) is 0.261. The van der Waals surface area contributed by atoms with Gasteiger partial charge in [-0.2, -0.15) is 9.97 Å². The lowest BCUT2D eigenvalue weighted by atomic mass is 10.0. The number of nitrogens with zero attached hydrogens (tertiary/aromatic N) is 6. The Morgan fingerprint density at radius 1 is 1.23 bits per heavy atom. The molecule has 4 aromatic rings. The summed E-state index contributed by atoms with van der Waals surface area (Å²) in [6.45, 7) is 2.54. The Morgan fingerprint density at radius 2 is 1.98 bits per heavy atom. The van der Waals surface area contributed by atoms with Crippen LogP contribution in [0.3, 0.4) is 0 Å². The smallest absolute Gasteiger partial charge is 0.326 e. The van der Waals surface area contributed by atoms with Gasteiger partial charge >= 0.3 is 6.01 Å². The van der Waals surface area contributed by atoms with Gasteiger partial charge in [0.05, 0.1) is 48.1 Å². The highest BCUT2D eigenvalue weighted by atomic mass is 19.1. The van der Waals surface area contributed by atoms with Crippen molar-refractivity contribution < 1.29 is 18.7 Å². The minimum absolute atomic E-state index is 0.0363. The van der Waals surface area contributed by atoms with E-state index >= 15 is 0 Å². The van der Waals surface area contributed by atoms with Crippen molar-refractivity contribution in [3.63, 3.8) is 0 Å². The van der Waals surface area contributed by atoms with E-state index in [-0.39, 0.29) is 42.4 Å². The number of aromatic nitrogens is 5. The summed E-state index contributed by atoms with van der Waals surface area (Å²) in [5.74, 6) is 0.314. The van der Waals surface area contributed by atoms with Crippen molar-refractivity contribution in [3.05, 3.63) is 36.2 Å². The third kappa shape index (κ3) is 4.44. The van der Waals surface area contributed by atoms with Gasteiger partial charge in [0, 0.05) is 30.9 Å². The number of nitrogens with two attached hydrogens (primary N) is 2. The number of aryl methyl sites for hydroxylation is 1. The molecule has 208 valence electrons. The summed E-state index contributed by atoms with van der Waals surface area (Å²) in [4.78, 5) is 48.9. The SMILES string of the molecule is Cc1ncc(Oc2nc(N3CC(NC(=O)CN)C4(CC4)C3)c3c(n2)[nH]c2c(N(C)C(=O)CN)cc(F)cc23)cn1. The van der Waals surface area contributed by atoms with Crippen molar-refractivity contribution in [2.45, 2.75) is 25.8 Å². The van der Waals surface area contributed by atoms with Gasteiger partial charge < -0.3 is 36.3 Å². The molecular weight excluding hydrogens is 519 g/mol. The van der Waals surface area contributed by atoms with E-state index in [0.717, 1.165) is 12.8 Å². The number of hydrogen-bond donors (Lipinski definition) is 4. The van der Waals surface area contributed by atoms with E-state index in [1.807, 2.05) is 0 Å². The molecule has 14 heteroatoms. The standard InChI is InChI=1S/C26H29FN10O3/c1-13-30-9-15(10-31-13)40-25-34-23-21(16-5-14(27)6-17(22(16)33-23)36(2)20(39)8-29)24(35-25)37-11-18(32-19(38)7-28)26(12-37)3-4-26/h5-6,9-10,18H,3-4,7-8,11-12,28-29H2,1-2H3,(H,32,38)(H,33,34,35). The van der Waals surface area contributed by atoms with E-state index in [9.17, 15) is 14.0 Å². The van der Waals surface area contributed by atoms with Crippen LogP contribution in [0.5, 0.6) is 11.8 Å². The van der Waals surface area contributed by atoms with Crippen LogP contribution in [0, 0.1) is 18.2 Å². The van der Waals surface area contributed by atoms with Gasteiger partial charge in [0.1, 0.15) is 23.1 Å². The molecule has 2 amide bonds. The molecule has 1 aliphatic carbocycles. The summed E-state index contributed by atoms with van der Waals surface area (Å²) in [5.41, 5.74) is 12.3. The van der Waals surface area contributed by atoms with Crippen molar-refractivity contribution >= 4 is 45.3 Å². The predicted molar refractivity (Wildman–Crippen MR) is 146 cm³/mol. The van der Waals surface area contributed by atoms with E-state index in [1.165, 1.54) is 36.5 Å². The minimum Gasteiger partial charge on any atom is -0.421 e. The molecular formula is C26H29FN10O3. The van der Waals surface area contributed by atoms with Gasteiger partial charge in [0.2, 0.25) is 11.8 Å². The molecule has 1 spiro atoms. The molecule has 4 heterocycles. The molecule has 0 bridgehead atoms.